The summed E-state index contributed by atoms with van der Waals surface area (Å²) in [6, 6.07) is 11.0. The van der Waals surface area contributed by atoms with Crippen LogP contribution in [-0.4, -0.2) is 39.0 Å². The highest BCUT2D eigenvalue weighted by Crippen LogP contribution is 2.34. The summed E-state index contributed by atoms with van der Waals surface area (Å²) in [7, 11) is 4.70. The molecule has 0 aliphatic carbocycles. The smallest absolute Gasteiger partial charge is 0.309 e. The Morgan fingerprint density at radius 1 is 0.926 bits per heavy atom. The maximum atomic E-state index is 12.3. The number of hydrogen-bond donors (Lipinski definition) is 1. The van der Waals surface area contributed by atoms with Crippen LogP contribution in [0.3, 0.4) is 0 Å². The summed E-state index contributed by atoms with van der Waals surface area (Å²) in [5, 5.41) is 9.97. The van der Waals surface area contributed by atoms with Gasteiger partial charge in [0, 0.05) is 5.92 Å². The molecular weight excluding hydrogens is 348 g/mol. The fraction of sp³-hybridized carbons (Fsp3) is 0.381. The van der Waals surface area contributed by atoms with Crippen molar-refractivity contribution < 1.29 is 28.8 Å². The van der Waals surface area contributed by atoms with Crippen molar-refractivity contribution in [1.82, 2.24) is 0 Å². The van der Waals surface area contributed by atoms with Crippen molar-refractivity contribution in [2.75, 3.05) is 27.9 Å². The van der Waals surface area contributed by atoms with Crippen LogP contribution in [0.25, 0.3) is 0 Å². The van der Waals surface area contributed by atoms with E-state index < -0.39 is 0 Å². The normalized spacial score (nSPS) is 18.9. The molecule has 0 saturated carbocycles. The molecule has 2 atom stereocenters. The average Bonchev–Trinajstić information content (AvgIpc) is 3.01. The predicted molar refractivity (Wildman–Crippen MR) is 99.6 cm³/mol. The van der Waals surface area contributed by atoms with Gasteiger partial charge in [-0.3, -0.25) is 4.79 Å². The van der Waals surface area contributed by atoms with Crippen LogP contribution in [0.1, 0.15) is 11.1 Å². The van der Waals surface area contributed by atoms with E-state index in [0.717, 1.165) is 11.1 Å². The largest absolute Gasteiger partial charge is 0.504 e. The van der Waals surface area contributed by atoms with Gasteiger partial charge >= 0.3 is 5.97 Å². The Bertz CT molecular complexity index is 816. The van der Waals surface area contributed by atoms with Gasteiger partial charge in [-0.25, -0.2) is 0 Å². The molecule has 1 saturated heterocycles. The molecule has 0 spiro atoms. The molecule has 0 aromatic heterocycles. The number of phenolic OH excluding ortho intramolecular Hbond substituents is 1. The minimum absolute atomic E-state index is 0.0554. The van der Waals surface area contributed by atoms with Gasteiger partial charge in [-0.1, -0.05) is 12.1 Å². The minimum atomic E-state index is -0.258. The number of cyclic esters (lactones) is 1. The van der Waals surface area contributed by atoms with Crippen LogP contribution in [-0.2, 0) is 22.4 Å². The first-order valence-corrected chi connectivity index (χ1v) is 8.79. The summed E-state index contributed by atoms with van der Waals surface area (Å²) in [5.74, 6) is 1.41. The number of carbonyl (C=O) groups excluding carboxylic acids is 1. The summed E-state index contributed by atoms with van der Waals surface area (Å²) < 4.78 is 21.0. The number of carbonyl (C=O) groups is 1. The zero-order chi connectivity index (χ0) is 19.4. The van der Waals surface area contributed by atoms with Crippen LogP contribution in [0.15, 0.2) is 36.4 Å². The van der Waals surface area contributed by atoms with Gasteiger partial charge < -0.3 is 24.1 Å². The molecule has 2 aromatic carbocycles. The first-order valence-electron chi connectivity index (χ1n) is 8.79. The minimum Gasteiger partial charge on any atom is -0.504 e. The third-order valence-electron chi connectivity index (χ3n) is 4.96. The van der Waals surface area contributed by atoms with Gasteiger partial charge in [0.15, 0.2) is 23.0 Å². The van der Waals surface area contributed by atoms with Crippen LogP contribution in [0.5, 0.6) is 23.0 Å². The highest BCUT2D eigenvalue weighted by molar-refractivity contribution is 5.75. The molecule has 2 aromatic rings. The van der Waals surface area contributed by atoms with Gasteiger partial charge in [0.25, 0.3) is 0 Å². The SMILES string of the molecule is COc1ccc(C[C@@H]2C(=O)OC[C@@H]2Cc2ccc(OC)c(OC)c2)cc1O. The van der Waals surface area contributed by atoms with Gasteiger partial charge in [-0.2, -0.15) is 0 Å². The number of rotatable bonds is 7. The van der Waals surface area contributed by atoms with Crippen LogP contribution >= 0.6 is 0 Å². The molecule has 0 amide bonds. The van der Waals surface area contributed by atoms with Gasteiger partial charge in [0.05, 0.1) is 33.9 Å². The number of aromatic hydroxyl groups is 1. The second-order valence-corrected chi connectivity index (χ2v) is 6.60. The topological polar surface area (TPSA) is 74.2 Å². The molecule has 1 aliphatic heterocycles. The maximum absolute atomic E-state index is 12.3. The van der Waals surface area contributed by atoms with Gasteiger partial charge in [0.1, 0.15) is 0 Å². The molecule has 6 nitrogen and oxygen atoms in total. The lowest BCUT2D eigenvalue weighted by Crippen LogP contribution is -2.20. The van der Waals surface area contributed by atoms with Gasteiger partial charge in [-0.15, -0.1) is 0 Å². The van der Waals surface area contributed by atoms with Gasteiger partial charge in [-0.05, 0) is 48.2 Å². The average molecular weight is 372 g/mol. The van der Waals surface area contributed by atoms with E-state index >= 15 is 0 Å². The van der Waals surface area contributed by atoms with Crippen molar-refractivity contribution in [2.45, 2.75) is 12.8 Å². The zero-order valence-electron chi connectivity index (χ0n) is 15.7. The summed E-state index contributed by atoms with van der Waals surface area (Å²) in [4.78, 5) is 12.3. The summed E-state index contributed by atoms with van der Waals surface area (Å²) in [6.45, 7) is 0.389. The van der Waals surface area contributed by atoms with E-state index in [1.54, 1.807) is 26.4 Å². The predicted octanol–water partition coefficient (Wildman–Crippen LogP) is 2.99. The number of methoxy groups -OCH3 is 3. The zero-order valence-corrected chi connectivity index (χ0v) is 15.7. The van der Waals surface area contributed by atoms with Crippen molar-refractivity contribution in [3.63, 3.8) is 0 Å². The fourth-order valence-electron chi connectivity index (χ4n) is 3.48. The molecule has 1 N–H and O–H groups in total. The van der Waals surface area contributed by atoms with E-state index in [2.05, 4.69) is 0 Å². The Morgan fingerprint density at radius 3 is 2.19 bits per heavy atom. The fourth-order valence-corrected chi connectivity index (χ4v) is 3.48. The van der Waals surface area contributed by atoms with E-state index in [9.17, 15) is 9.90 Å². The van der Waals surface area contributed by atoms with Crippen molar-refractivity contribution in [2.24, 2.45) is 11.8 Å². The summed E-state index contributed by atoms with van der Waals surface area (Å²) >= 11 is 0. The highest BCUT2D eigenvalue weighted by Gasteiger charge is 2.37. The Balaban J connectivity index is 1.75. The Kier molecular flexibility index (Phi) is 5.74. The summed E-state index contributed by atoms with van der Waals surface area (Å²) in [6.07, 6.45) is 1.20. The van der Waals surface area contributed by atoms with E-state index in [1.165, 1.54) is 7.11 Å². The van der Waals surface area contributed by atoms with Crippen LogP contribution < -0.4 is 14.2 Å². The molecule has 1 aliphatic rings. The van der Waals surface area contributed by atoms with Crippen LogP contribution in [0, 0.1) is 11.8 Å². The third kappa shape index (κ3) is 4.10. The quantitative estimate of drug-likeness (QED) is 0.753. The van der Waals surface area contributed by atoms with Crippen molar-refractivity contribution in [3.05, 3.63) is 47.5 Å². The first kappa shape index (κ1) is 18.9. The molecule has 6 heteroatoms. The standard InChI is InChI=1S/C21H24O6/c1-24-18-6-4-14(10-17(18)22)9-16-15(12-27-21(16)23)8-13-5-7-19(25-2)20(11-13)26-3/h4-7,10-11,15-16,22H,8-9,12H2,1-3H3/t15-,16-/m0/s1. The van der Waals surface area contributed by atoms with E-state index in [4.69, 9.17) is 18.9 Å². The summed E-state index contributed by atoms with van der Waals surface area (Å²) in [5.41, 5.74) is 1.92. The van der Waals surface area contributed by atoms with E-state index in [0.29, 0.717) is 36.7 Å². The second kappa shape index (κ2) is 8.20. The van der Waals surface area contributed by atoms with Gasteiger partial charge in [0.2, 0.25) is 0 Å². The molecule has 1 heterocycles. The second-order valence-electron chi connectivity index (χ2n) is 6.60. The number of phenols is 1. The molecule has 0 bridgehead atoms. The highest BCUT2D eigenvalue weighted by atomic mass is 16.5. The lowest BCUT2D eigenvalue weighted by Gasteiger charge is -2.17. The first-order chi connectivity index (χ1) is 13.0. The molecule has 0 unspecified atom stereocenters. The Hall–Kier alpha value is -2.89. The third-order valence-corrected chi connectivity index (χ3v) is 4.96. The molecule has 144 valence electrons. The monoisotopic (exact) mass is 372 g/mol. The Labute approximate surface area is 158 Å². The molecule has 0 radical (unpaired) electrons. The van der Waals surface area contributed by atoms with Crippen LogP contribution in [0.4, 0.5) is 0 Å². The lowest BCUT2D eigenvalue weighted by molar-refractivity contribution is -0.141. The molecule has 3 rings (SSSR count). The van der Waals surface area contributed by atoms with Crippen molar-refractivity contribution in [3.8, 4) is 23.0 Å². The van der Waals surface area contributed by atoms with Crippen LogP contribution in [0.2, 0.25) is 0 Å². The number of esters is 1. The van der Waals surface area contributed by atoms with E-state index in [1.807, 2.05) is 24.3 Å². The molecular formula is C21H24O6. The number of hydrogen-bond acceptors (Lipinski definition) is 6. The number of ether oxygens (including phenoxy) is 4. The molecule has 1 fully saturated rings. The van der Waals surface area contributed by atoms with E-state index in [-0.39, 0.29) is 23.6 Å². The van der Waals surface area contributed by atoms with Crippen molar-refractivity contribution in [1.29, 1.82) is 0 Å². The number of benzene rings is 2. The Morgan fingerprint density at radius 2 is 1.56 bits per heavy atom. The lowest BCUT2D eigenvalue weighted by atomic mass is 9.85. The van der Waals surface area contributed by atoms with Crippen molar-refractivity contribution >= 4 is 5.97 Å². The molecule has 27 heavy (non-hydrogen) atoms. The maximum Gasteiger partial charge on any atom is 0.309 e.